The molecule has 1 aromatic heterocycles. The quantitative estimate of drug-likeness (QED) is 0.768. The number of hydrogen-bond donors (Lipinski definition) is 0. The maximum absolute atomic E-state index is 14.0. The molecule has 2 saturated heterocycles. The number of piperidine rings is 1. The first-order valence-corrected chi connectivity index (χ1v) is 10.6. The number of carbonyl (C=O) groups excluding carboxylic acids is 1. The number of rotatable bonds is 5. The van der Waals surface area contributed by atoms with Crippen molar-refractivity contribution in [2.45, 2.75) is 45.2 Å². The van der Waals surface area contributed by atoms with Crippen molar-refractivity contribution in [3.63, 3.8) is 0 Å². The Morgan fingerprint density at radius 2 is 1.97 bits per heavy atom. The second-order valence-corrected chi connectivity index (χ2v) is 7.90. The van der Waals surface area contributed by atoms with Gasteiger partial charge in [0.2, 0.25) is 5.89 Å². The van der Waals surface area contributed by atoms with Crippen LogP contribution in [0.4, 0.5) is 10.1 Å². The van der Waals surface area contributed by atoms with E-state index in [1.165, 1.54) is 18.8 Å². The predicted octanol–water partition coefficient (Wildman–Crippen LogP) is 3.54. The zero-order valence-corrected chi connectivity index (χ0v) is 17.0. The summed E-state index contributed by atoms with van der Waals surface area (Å²) in [6, 6.07) is 7.20. The molecular weight excluding hydrogens is 371 g/mol. The van der Waals surface area contributed by atoms with Crippen molar-refractivity contribution in [1.29, 1.82) is 0 Å². The first-order chi connectivity index (χ1) is 14.2. The molecule has 1 atom stereocenters. The minimum Gasteiger partial charge on any atom is -0.447 e. The molecule has 2 aromatic rings. The number of hydrogen-bond acceptors (Lipinski definition) is 5. The highest BCUT2D eigenvalue weighted by atomic mass is 19.1. The lowest BCUT2D eigenvalue weighted by Crippen LogP contribution is -2.46. The largest absolute Gasteiger partial charge is 0.447 e. The second-order valence-electron chi connectivity index (χ2n) is 7.90. The van der Waals surface area contributed by atoms with E-state index in [4.69, 9.17) is 4.42 Å². The van der Waals surface area contributed by atoms with Crippen LogP contribution in [0.25, 0.3) is 0 Å². The number of amides is 1. The molecule has 3 heterocycles. The Labute approximate surface area is 171 Å². The monoisotopic (exact) mass is 400 g/mol. The number of para-hydroxylation sites is 1. The Morgan fingerprint density at radius 3 is 2.72 bits per heavy atom. The lowest BCUT2D eigenvalue weighted by atomic mass is 10.00. The number of nitrogens with zero attached hydrogens (tertiary/aromatic N) is 4. The van der Waals surface area contributed by atoms with Crippen LogP contribution < -0.4 is 4.90 Å². The number of anilines is 1. The van der Waals surface area contributed by atoms with Crippen molar-refractivity contribution in [1.82, 2.24) is 14.8 Å². The minimum absolute atomic E-state index is 0.0177. The first kappa shape index (κ1) is 19.9. The highest BCUT2D eigenvalue weighted by Crippen LogP contribution is 2.23. The molecule has 0 aliphatic carbocycles. The lowest BCUT2D eigenvalue weighted by Gasteiger charge is -2.35. The maximum Gasteiger partial charge on any atom is 0.276 e. The van der Waals surface area contributed by atoms with Crippen molar-refractivity contribution in [3.8, 4) is 0 Å². The summed E-state index contributed by atoms with van der Waals surface area (Å²) < 4.78 is 19.6. The van der Waals surface area contributed by atoms with Gasteiger partial charge in [0.1, 0.15) is 12.1 Å². The Bertz CT molecular complexity index is 832. The highest BCUT2D eigenvalue weighted by Gasteiger charge is 2.28. The molecular formula is C22H29FN4O2. The van der Waals surface area contributed by atoms with Crippen LogP contribution in [0.15, 0.2) is 34.9 Å². The third-order valence-electron chi connectivity index (χ3n) is 6.05. The Hall–Kier alpha value is -2.41. The van der Waals surface area contributed by atoms with Crippen molar-refractivity contribution in [2.75, 3.05) is 37.6 Å². The van der Waals surface area contributed by atoms with Crippen LogP contribution in [0, 0.1) is 5.82 Å². The SMILES string of the molecule is CC[C@@H]1CCCCN1C(=O)c1coc(CN2CCN(c3ccccc3F)CC2)n1. The van der Waals surface area contributed by atoms with Crippen molar-refractivity contribution in [2.24, 2.45) is 0 Å². The number of aromatic nitrogens is 1. The van der Waals surface area contributed by atoms with E-state index in [1.54, 1.807) is 6.07 Å². The van der Waals surface area contributed by atoms with Crippen LogP contribution in [0.3, 0.4) is 0 Å². The van der Waals surface area contributed by atoms with Gasteiger partial charge in [-0.3, -0.25) is 9.69 Å². The molecule has 2 fully saturated rings. The van der Waals surface area contributed by atoms with Crippen molar-refractivity contribution >= 4 is 11.6 Å². The number of piperazine rings is 1. The Kier molecular flexibility index (Phi) is 6.13. The van der Waals surface area contributed by atoms with E-state index in [-0.39, 0.29) is 11.7 Å². The smallest absolute Gasteiger partial charge is 0.276 e. The molecule has 0 N–H and O–H groups in total. The van der Waals surface area contributed by atoms with Gasteiger partial charge in [0.05, 0.1) is 12.2 Å². The van der Waals surface area contributed by atoms with Gasteiger partial charge < -0.3 is 14.2 Å². The number of oxazole rings is 1. The molecule has 0 bridgehead atoms. The minimum atomic E-state index is -0.181. The molecule has 29 heavy (non-hydrogen) atoms. The summed E-state index contributed by atoms with van der Waals surface area (Å²) in [5.74, 6) is 0.369. The first-order valence-electron chi connectivity index (χ1n) is 10.6. The number of benzene rings is 1. The molecule has 0 radical (unpaired) electrons. The van der Waals surface area contributed by atoms with Gasteiger partial charge in [-0.25, -0.2) is 9.37 Å². The average molecular weight is 400 g/mol. The van der Waals surface area contributed by atoms with Crippen LogP contribution in [0.1, 0.15) is 49.0 Å². The summed E-state index contributed by atoms with van der Waals surface area (Å²) in [6.45, 7) is 6.59. The van der Waals surface area contributed by atoms with Crippen LogP contribution in [0.5, 0.6) is 0 Å². The Morgan fingerprint density at radius 1 is 1.17 bits per heavy atom. The summed E-state index contributed by atoms with van der Waals surface area (Å²) in [6.07, 6.45) is 5.78. The van der Waals surface area contributed by atoms with Gasteiger partial charge in [-0.1, -0.05) is 19.1 Å². The van der Waals surface area contributed by atoms with Gasteiger partial charge in [0, 0.05) is 38.8 Å². The number of carbonyl (C=O) groups is 1. The summed E-state index contributed by atoms with van der Waals surface area (Å²) in [4.78, 5) is 23.6. The Balaban J connectivity index is 1.33. The van der Waals surface area contributed by atoms with Crippen LogP contribution in [-0.4, -0.2) is 59.5 Å². The van der Waals surface area contributed by atoms with Gasteiger partial charge in [0.15, 0.2) is 5.69 Å². The summed E-state index contributed by atoms with van der Waals surface area (Å²) in [7, 11) is 0. The van der Waals surface area contributed by atoms with E-state index in [0.717, 1.165) is 52.0 Å². The van der Waals surface area contributed by atoms with E-state index in [1.807, 2.05) is 17.0 Å². The van der Waals surface area contributed by atoms with Gasteiger partial charge in [0.25, 0.3) is 5.91 Å². The van der Waals surface area contributed by atoms with Crippen LogP contribution in [-0.2, 0) is 6.54 Å². The fourth-order valence-corrected chi connectivity index (χ4v) is 4.37. The second kappa shape index (κ2) is 8.95. The molecule has 4 rings (SSSR count). The summed E-state index contributed by atoms with van der Waals surface area (Å²) in [5.41, 5.74) is 1.06. The number of halogens is 1. The third kappa shape index (κ3) is 4.45. The summed E-state index contributed by atoms with van der Waals surface area (Å²) >= 11 is 0. The lowest BCUT2D eigenvalue weighted by molar-refractivity contribution is 0.0602. The van der Waals surface area contributed by atoms with E-state index in [0.29, 0.717) is 29.9 Å². The zero-order valence-electron chi connectivity index (χ0n) is 17.0. The highest BCUT2D eigenvalue weighted by molar-refractivity contribution is 5.92. The van der Waals surface area contributed by atoms with E-state index >= 15 is 0 Å². The average Bonchev–Trinajstić information content (AvgIpc) is 3.23. The molecule has 6 nitrogen and oxygen atoms in total. The van der Waals surface area contributed by atoms with Gasteiger partial charge in [-0.2, -0.15) is 0 Å². The topological polar surface area (TPSA) is 52.8 Å². The van der Waals surface area contributed by atoms with E-state index < -0.39 is 0 Å². The molecule has 0 spiro atoms. The molecule has 1 aromatic carbocycles. The fourth-order valence-electron chi connectivity index (χ4n) is 4.37. The maximum atomic E-state index is 14.0. The van der Waals surface area contributed by atoms with Gasteiger partial charge in [-0.05, 0) is 37.8 Å². The van der Waals surface area contributed by atoms with Gasteiger partial charge in [-0.15, -0.1) is 0 Å². The molecule has 2 aliphatic rings. The van der Waals surface area contributed by atoms with Crippen molar-refractivity contribution < 1.29 is 13.6 Å². The fraction of sp³-hybridized carbons (Fsp3) is 0.545. The normalized spacial score (nSPS) is 20.8. The van der Waals surface area contributed by atoms with Gasteiger partial charge >= 0.3 is 0 Å². The molecule has 2 aliphatic heterocycles. The van der Waals surface area contributed by atoms with E-state index in [9.17, 15) is 9.18 Å². The van der Waals surface area contributed by atoms with E-state index in [2.05, 4.69) is 21.7 Å². The number of likely N-dealkylation sites (tertiary alicyclic amines) is 1. The predicted molar refractivity (Wildman–Crippen MR) is 109 cm³/mol. The molecule has 156 valence electrons. The van der Waals surface area contributed by atoms with Crippen molar-refractivity contribution in [3.05, 3.63) is 47.9 Å². The molecule has 7 heteroatoms. The standard InChI is InChI=1S/C22H29FN4O2/c1-2-17-7-5-6-10-27(17)22(28)19-16-29-21(24-19)15-25-11-13-26(14-12-25)20-9-4-3-8-18(20)23/h3-4,8-9,16-17H,2,5-7,10-15H2,1H3/t17-/m1/s1. The molecule has 1 amide bonds. The molecule has 0 unspecified atom stereocenters. The zero-order chi connectivity index (χ0) is 20.2. The van der Waals surface area contributed by atoms with Crippen LogP contribution >= 0.6 is 0 Å². The summed E-state index contributed by atoms with van der Waals surface area (Å²) in [5, 5.41) is 0. The van der Waals surface area contributed by atoms with Crippen LogP contribution in [0.2, 0.25) is 0 Å². The third-order valence-corrected chi connectivity index (χ3v) is 6.05. The molecule has 0 saturated carbocycles.